The molecule has 2 aromatic heterocycles. The molecule has 1 aliphatic carbocycles. The van der Waals surface area contributed by atoms with Crippen LogP contribution in [0, 0.1) is 0 Å². The van der Waals surface area contributed by atoms with Gasteiger partial charge in [0, 0.05) is 53.6 Å². The van der Waals surface area contributed by atoms with Gasteiger partial charge in [-0.25, -0.2) is 0 Å². The first kappa shape index (κ1) is 26.6. The number of hydrogen-bond donors (Lipinski definition) is 0. The van der Waals surface area contributed by atoms with Crippen molar-refractivity contribution in [1.29, 1.82) is 0 Å². The molecule has 0 radical (unpaired) electrons. The third-order valence-electron chi connectivity index (χ3n) is 9.94. The molecule has 0 amide bonds. The van der Waals surface area contributed by atoms with E-state index in [1.54, 1.807) is 0 Å². The summed E-state index contributed by atoms with van der Waals surface area (Å²) < 4.78 is 15.2. The minimum Gasteiger partial charge on any atom is -0.485 e. The molecule has 2 atom stereocenters. The number of hydrogen-bond acceptors (Lipinski definition) is 4. The van der Waals surface area contributed by atoms with Crippen molar-refractivity contribution in [3.05, 3.63) is 157 Å². The zero-order valence-electron chi connectivity index (χ0n) is 25.7. The van der Waals surface area contributed by atoms with E-state index in [0.29, 0.717) is 0 Å². The van der Waals surface area contributed by atoms with Crippen LogP contribution in [0.2, 0.25) is 0 Å². The second-order valence-corrected chi connectivity index (χ2v) is 13.8. The molecule has 0 spiro atoms. The smallest absolute Gasteiger partial charge is 0.135 e. The molecule has 0 N–H and O–H groups in total. The van der Waals surface area contributed by atoms with Gasteiger partial charge in [-0.15, -0.1) is 11.3 Å². The topological polar surface area (TPSA) is 25.6 Å². The predicted molar refractivity (Wildman–Crippen MR) is 197 cm³/mol. The van der Waals surface area contributed by atoms with Crippen LogP contribution in [0.25, 0.3) is 53.2 Å². The van der Waals surface area contributed by atoms with E-state index < -0.39 is 0 Å². The normalized spacial score (nSPS) is 18.2. The van der Waals surface area contributed by atoms with Gasteiger partial charge in [-0.1, -0.05) is 72.8 Å². The molecule has 2 aliphatic rings. The fraction of sp³-hybridized carbons (Fsp3) is 0.0698. The SMILES string of the molecule is CC12C=CC=CC1Oc1ccc(N(c3ccc(-c4ccc5sc6ccccc6c5c4)cc3)c3ccc4oc5ccccc5c4c3)cc12. The Hall–Kier alpha value is -5.58. The van der Waals surface area contributed by atoms with Crippen molar-refractivity contribution in [1.82, 2.24) is 0 Å². The van der Waals surface area contributed by atoms with Crippen molar-refractivity contribution in [3.63, 3.8) is 0 Å². The van der Waals surface area contributed by atoms with Gasteiger partial charge in [0.1, 0.15) is 23.0 Å². The second-order valence-electron chi connectivity index (χ2n) is 12.7. The van der Waals surface area contributed by atoms with Gasteiger partial charge in [0.05, 0.1) is 5.41 Å². The van der Waals surface area contributed by atoms with Gasteiger partial charge in [-0.3, -0.25) is 0 Å². The van der Waals surface area contributed by atoms with Crippen molar-refractivity contribution in [2.24, 2.45) is 0 Å². The predicted octanol–water partition coefficient (Wildman–Crippen LogP) is 12.2. The average Bonchev–Trinajstić information content (AvgIpc) is 3.77. The first-order chi connectivity index (χ1) is 23.1. The lowest BCUT2D eigenvalue weighted by atomic mass is 9.76. The summed E-state index contributed by atoms with van der Waals surface area (Å²) in [6.07, 6.45) is 8.63. The van der Waals surface area contributed by atoms with Crippen LogP contribution < -0.4 is 9.64 Å². The Labute approximate surface area is 276 Å². The zero-order valence-corrected chi connectivity index (χ0v) is 26.5. The molecule has 3 nitrogen and oxygen atoms in total. The summed E-state index contributed by atoms with van der Waals surface area (Å²) in [7, 11) is 0. The number of benzene rings is 6. The number of anilines is 3. The van der Waals surface area contributed by atoms with Crippen LogP contribution in [0.1, 0.15) is 12.5 Å². The van der Waals surface area contributed by atoms with E-state index >= 15 is 0 Å². The van der Waals surface area contributed by atoms with E-state index in [1.165, 1.54) is 36.9 Å². The largest absolute Gasteiger partial charge is 0.485 e. The molecule has 8 aromatic rings. The van der Waals surface area contributed by atoms with Crippen molar-refractivity contribution in [2.45, 2.75) is 18.4 Å². The molecular weight excluding hydrogens is 595 g/mol. The molecule has 4 heteroatoms. The maximum atomic E-state index is 6.40. The van der Waals surface area contributed by atoms with Crippen LogP contribution >= 0.6 is 11.3 Å². The van der Waals surface area contributed by atoms with Gasteiger partial charge in [0.25, 0.3) is 0 Å². The van der Waals surface area contributed by atoms with Crippen LogP contribution in [0.5, 0.6) is 5.75 Å². The molecule has 3 heterocycles. The zero-order chi connectivity index (χ0) is 31.1. The highest BCUT2D eigenvalue weighted by Gasteiger charge is 2.43. The summed E-state index contributed by atoms with van der Waals surface area (Å²) >= 11 is 1.85. The highest BCUT2D eigenvalue weighted by atomic mass is 32.1. The van der Waals surface area contributed by atoms with Gasteiger partial charge in [0.2, 0.25) is 0 Å². The van der Waals surface area contributed by atoms with Gasteiger partial charge in [-0.2, -0.15) is 0 Å². The maximum Gasteiger partial charge on any atom is 0.135 e. The molecule has 47 heavy (non-hydrogen) atoms. The first-order valence-electron chi connectivity index (χ1n) is 16.0. The molecular formula is C43H29NO2S. The van der Waals surface area contributed by atoms with Gasteiger partial charge >= 0.3 is 0 Å². The number of furan rings is 1. The summed E-state index contributed by atoms with van der Waals surface area (Å²) in [5.41, 5.74) is 8.43. The Morgan fingerprint density at radius 2 is 1.32 bits per heavy atom. The summed E-state index contributed by atoms with van der Waals surface area (Å²) in [5.74, 6) is 0.945. The molecule has 2 unspecified atom stereocenters. The molecule has 0 saturated heterocycles. The minimum atomic E-state index is -0.217. The van der Waals surface area contributed by atoms with E-state index in [4.69, 9.17) is 9.15 Å². The summed E-state index contributed by atoms with van der Waals surface area (Å²) in [6.45, 7) is 2.27. The fourth-order valence-electron chi connectivity index (χ4n) is 7.45. The Balaban J connectivity index is 1.11. The number of rotatable bonds is 4. The van der Waals surface area contributed by atoms with Crippen molar-refractivity contribution in [3.8, 4) is 16.9 Å². The number of nitrogens with zero attached hydrogens (tertiary/aromatic N) is 1. The van der Waals surface area contributed by atoms with E-state index in [9.17, 15) is 0 Å². The van der Waals surface area contributed by atoms with E-state index in [2.05, 4.69) is 151 Å². The number of para-hydroxylation sites is 1. The lowest BCUT2D eigenvalue weighted by molar-refractivity contribution is 0.228. The van der Waals surface area contributed by atoms with Crippen LogP contribution in [0.15, 0.2) is 156 Å². The number of fused-ring (bicyclic) bond motifs is 9. The van der Waals surface area contributed by atoms with Crippen LogP contribution in [-0.2, 0) is 5.41 Å². The van der Waals surface area contributed by atoms with E-state index in [0.717, 1.165) is 44.8 Å². The van der Waals surface area contributed by atoms with Crippen LogP contribution in [-0.4, -0.2) is 6.10 Å². The molecule has 0 saturated carbocycles. The van der Waals surface area contributed by atoms with Crippen molar-refractivity contribution >= 4 is 70.5 Å². The second kappa shape index (κ2) is 9.96. The Morgan fingerprint density at radius 1 is 0.596 bits per heavy atom. The third-order valence-corrected chi connectivity index (χ3v) is 11.1. The fourth-order valence-corrected chi connectivity index (χ4v) is 8.53. The lowest BCUT2D eigenvalue weighted by Gasteiger charge is -2.29. The Morgan fingerprint density at radius 3 is 2.23 bits per heavy atom. The highest BCUT2D eigenvalue weighted by molar-refractivity contribution is 7.25. The van der Waals surface area contributed by atoms with Crippen LogP contribution in [0.3, 0.4) is 0 Å². The number of ether oxygens (including phenoxy) is 1. The van der Waals surface area contributed by atoms with Gasteiger partial charge in [-0.05, 0) is 96.9 Å². The monoisotopic (exact) mass is 623 g/mol. The number of thiophene rings is 1. The first-order valence-corrected chi connectivity index (χ1v) is 16.8. The maximum absolute atomic E-state index is 6.40. The molecule has 0 bridgehead atoms. The minimum absolute atomic E-state index is 0.00295. The summed E-state index contributed by atoms with van der Waals surface area (Å²) in [4.78, 5) is 2.35. The Kier molecular flexibility index (Phi) is 5.64. The summed E-state index contributed by atoms with van der Waals surface area (Å²) in [5, 5.41) is 4.85. The molecule has 224 valence electrons. The lowest BCUT2D eigenvalue weighted by Crippen LogP contribution is -2.32. The third kappa shape index (κ3) is 4.05. The van der Waals surface area contributed by atoms with Crippen molar-refractivity contribution in [2.75, 3.05) is 4.90 Å². The highest BCUT2D eigenvalue weighted by Crippen LogP contribution is 2.49. The standard InChI is InChI=1S/C43H29NO2S/c1-43-23-7-6-12-42(43)46-39-21-19-31(26-36(39)43)44(30-18-20-38-34(25-30)32-8-2-4-10-37(32)45-38)29-16-13-27(14-17-29)28-15-22-41-35(24-28)33-9-3-5-11-40(33)47-41/h2-26,42H,1H3. The van der Waals surface area contributed by atoms with E-state index in [1.807, 2.05) is 23.5 Å². The van der Waals surface area contributed by atoms with Gasteiger partial charge < -0.3 is 14.1 Å². The van der Waals surface area contributed by atoms with E-state index in [-0.39, 0.29) is 11.5 Å². The summed E-state index contributed by atoms with van der Waals surface area (Å²) in [6, 6.07) is 45.8. The quantitative estimate of drug-likeness (QED) is 0.195. The molecule has 0 fully saturated rings. The Bertz CT molecular complexity index is 2590. The molecule has 1 aliphatic heterocycles. The average molecular weight is 624 g/mol. The number of allylic oxidation sites excluding steroid dienone is 2. The molecule has 6 aromatic carbocycles. The van der Waals surface area contributed by atoms with Crippen LogP contribution in [0.4, 0.5) is 17.1 Å². The van der Waals surface area contributed by atoms with Gasteiger partial charge in [0.15, 0.2) is 0 Å². The molecule has 10 rings (SSSR count). The van der Waals surface area contributed by atoms with Crippen molar-refractivity contribution < 1.29 is 9.15 Å².